The van der Waals surface area contributed by atoms with E-state index in [1.807, 2.05) is 31.4 Å². The second-order valence-electron chi connectivity index (χ2n) is 7.92. The summed E-state index contributed by atoms with van der Waals surface area (Å²) in [7, 11) is 1.82. The van der Waals surface area contributed by atoms with Crippen LogP contribution in [-0.4, -0.2) is 54.9 Å². The van der Waals surface area contributed by atoms with Crippen LogP contribution in [0.1, 0.15) is 30.0 Å². The van der Waals surface area contributed by atoms with Gasteiger partial charge in [-0.1, -0.05) is 6.07 Å². The first-order valence-electron chi connectivity index (χ1n) is 10.8. The highest BCUT2D eigenvalue weighted by molar-refractivity contribution is 5.74. The van der Waals surface area contributed by atoms with Crippen LogP contribution in [-0.2, 0) is 6.54 Å². The highest BCUT2D eigenvalue weighted by Crippen LogP contribution is 2.27. The standard InChI is InChI=1S/C23H25N9/c1-24-21-12-22(29-15-28-21)31-23-27-7-6-18(30-23)17-3-2-10-32(14-17)13-16-4-5-19-20(11-16)26-9-8-25-19/h4-9,11-12,15,17H,2-3,10,13-14H2,1H3,(H2,24,27,28,29,30,31). The number of anilines is 3. The van der Waals surface area contributed by atoms with Crippen LogP contribution in [0.25, 0.3) is 11.0 Å². The van der Waals surface area contributed by atoms with Crippen LogP contribution < -0.4 is 10.6 Å². The van der Waals surface area contributed by atoms with E-state index in [2.05, 4.69) is 52.6 Å². The molecule has 1 aromatic carbocycles. The minimum atomic E-state index is 0.366. The molecule has 9 nitrogen and oxygen atoms in total. The highest BCUT2D eigenvalue weighted by atomic mass is 15.2. The molecule has 0 saturated carbocycles. The zero-order valence-corrected chi connectivity index (χ0v) is 17.9. The normalized spacial score (nSPS) is 16.7. The number of rotatable bonds is 6. The van der Waals surface area contributed by atoms with E-state index in [-0.39, 0.29) is 0 Å². The summed E-state index contributed by atoms with van der Waals surface area (Å²) in [5.74, 6) is 2.31. The van der Waals surface area contributed by atoms with Gasteiger partial charge in [0.2, 0.25) is 5.95 Å². The number of hydrogen-bond acceptors (Lipinski definition) is 9. The maximum absolute atomic E-state index is 4.78. The summed E-state index contributed by atoms with van der Waals surface area (Å²) in [6.07, 6.45) is 9.05. The lowest BCUT2D eigenvalue weighted by Crippen LogP contribution is -2.34. The zero-order chi connectivity index (χ0) is 21.8. The van der Waals surface area contributed by atoms with E-state index in [1.54, 1.807) is 12.4 Å². The van der Waals surface area contributed by atoms with Gasteiger partial charge in [0.25, 0.3) is 0 Å². The maximum atomic E-state index is 4.78. The highest BCUT2D eigenvalue weighted by Gasteiger charge is 2.23. The summed E-state index contributed by atoms with van der Waals surface area (Å²) in [5.41, 5.74) is 4.18. The van der Waals surface area contributed by atoms with Gasteiger partial charge in [-0.05, 0) is 43.1 Å². The van der Waals surface area contributed by atoms with Gasteiger partial charge in [-0.3, -0.25) is 14.9 Å². The molecule has 1 unspecified atom stereocenters. The van der Waals surface area contributed by atoms with Crippen molar-refractivity contribution in [2.24, 2.45) is 0 Å². The molecular weight excluding hydrogens is 402 g/mol. The number of benzene rings is 1. The van der Waals surface area contributed by atoms with Gasteiger partial charge < -0.3 is 10.6 Å². The van der Waals surface area contributed by atoms with Crippen LogP contribution in [0, 0.1) is 0 Å². The fraction of sp³-hybridized carbons (Fsp3) is 0.304. The van der Waals surface area contributed by atoms with Gasteiger partial charge >= 0.3 is 0 Å². The van der Waals surface area contributed by atoms with Gasteiger partial charge in [0.05, 0.1) is 16.7 Å². The monoisotopic (exact) mass is 427 g/mol. The van der Waals surface area contributed by atoms with E-state index in [9.17, 15) is 0 Å². The Hall–Kier alpha value is -3.72. The number of likely N-dealkylation sites (tertiary alicyclic amines) is 1. The maximum Gasteiger partial charge on any atom is 0.228 e. The van der Waals surface area contributed by atoms with Gasteiger partial charge in [-0.15, -0.1) is 0 Å². The van der Waals surface area contributed by atoms with Crippen LogP contribution in [0.5, 0.6) is 0 Å². The van der Waals surface area contributed by atoms with Gasteiger partial charge in [-0.25, -0.2) is 19.9 Å². The lowest BCUT2D eigenvalue weighted by molar-refractivity contribution is 0.198. The van der Waals surface area contributed by atoms with Crippen LogP contribution in [0.15, 0.2) is 55.2 Å². The van der Waals surface area contributed by atoms with E-state index in [0.29, 0.717) is 17.7 Å². The largest absolute Gasteiger partial charge is 0.373 e. The van der Waals surface area contributed by atoms with Crippen molar-refractivity contribution in [3.8, 4) is 0 Å². The van der Waals surface area contributed by atoms with Crippen LogP contribution in [0.2, 0.25) is 0 Å². The minimum Gasteiger partial charge on any atom is -0.373 e. The Morgan fingerprint density at radius 3 is 2.72 bits per heavy atom. The molecule has 1 atom stereocenters. The smallest absolute Gasteiger partial charge is 0.228 e. The van der Waals surface area contributed by atoms with Crippen molar-refractivity contribution in [1.82, 2.24) is 34.8 Å². The van der Waals surface area contributed by atoms with Gasteiger partial charge in [0.1, 0.15) is 18.0 Å². The molecule has 9 heteroatoms. The Labute approximate surface area is 186 Å². The molecule has 3 aromatic heterocycles. The van der Waals surface area contributed by atoms with E-state index < -0.39 is 0 Å². The lowest BCUT2D eigenvalue weighted by Gasteiger charge is -2.32. The second kappa shape index (κ2) is 9.19. The lowest BCUT2D eigenvalue weighted by atomic mass is 9.94. The average Bonchev–Trinajstić information content (AvgIpc) is 2.84. The second-order valence-corrected chi connectivity index (χ2v) is 7.92. The summed E-state index contributed by atoms with van der Waals surface area (Å²) in [6.45, 7) is 2.94. The summed E-state index contributed by atoms with van der Waals surface area (Å²) < 4.78 is 0. The van der Waals surface area contributed by atoms with Crippen molar-refractivity contribution < 1.29 is 0 Å². The molecule has 1 fully saturated rings. The first kappa shape index (κ1) is 20.2. The number of hydrogen-bond donors (Lipinski definition) is 2. The fourth-order valence-corrected chi connectivity index (χ4v) is 4.14. The van der Waals surface area contributed by atoms with E-state index in [4.69, 9.17) is 4.98 Å². The molecule has 1 saturated heterocycles. The molecule has 4 heterocycles. The third-order valence-corrected chi connectivity index (χ3v) is 5.70. The van der Waals surface area contributed by atoms with Crippen molar-refractivity contribution in [3.05, 3.63) is 66.5 Å². The van der Waals surface area contributed by atoms with Crippen molar-refractivity contribution in [1.29, 1.82) is 0 Å². The Balaban J connectivity index is 1.28. The SMILES string of the molecule is CNc1cc(Nc2nccc(C3CCCN(Cc4ccc5nccnc5c4)C3)n2)ncn1. The average molecular weight is 428 g/mol. The van der Waals surface area contributed by atoms with E-state index >= 15 is 0 Å². The number of nitrogens with one attached hydrogen (secondary N) is 2. The molecule has 32 heavy (non-hydrogen) atoms. The number of piperidine rings is 1. The third kappa shape index (κ3) is 4.62. The predicted molar refractivity (Wildman–Crippen MR) is 124 cm³/mol. The summed E-state index contributed by atoms with van der Waals surface area (Å²) in [6, 6.07) is 10.2. The molecule has 1 aliphatic rings. The molecule has 1 aliphatic heterocycles. The predicted octanol–water partition coefficient (Wildman–Crippen LogP) is 3.37. The summed E-state index contributed by atoms with van der Waals surface area (Å²) >= 11 is 0. The Morgan fingerprint density at radius 1 is 0.938 bits per heavy atom. The van der Waals surface area contributed by atoms with Crippen LogP contribution in [0.4, 0.5) is 17.6 Å². The molecule has 0 bridgehead atoms. The van der Waals surface area contributed by atoms with Gasteiger partial charge in [0, 0.05) is 50.7 Å². The van der Waals surface area contributed by atoms with Crippen LogP contribution >= 0.6 is 0 Å². The zero-order valence-electron chi connectivity index (χ0n) is 17.9. The summed E-state index contributed by atoms with van der Waals surface area (Å²) in [4.78, 5) is 28.8. The van der Waals surface area contributed by atoms with Crippen molar-refractivity contribution in [2.75, 3.05) is 30.8 Å². The fourth-order valence-electron chi connectivity index (χ4n) is 4.14. The van der Waals surface area contributed by atoms with E-state index in [1.165, 1.54) is 11.9 Å². The molecular formula is C23H25N9. The summed E-state index contributed by atoms with van der Waals surface area (Å²) in [5, 5.41) is 6.19. The molecule has 2 N–H and O–H groups in total. The molecule has 5 rings (SSSR count). The van der Waals surface area contributed by atoms with Crippen LogP contribution in [0.3, 0.4) is 0 Å². The number of nitrogens with zero attached hydrogens (tertiary/aromatic N) is 7. The van der Waals surface area contributed by atoms with E-state index in [0.717, 1.165) is 55.0 Å². The molecule has 162 valence electrons. The molecule has 0 radical (unpaired) electrons. The van der Waals surface area contributed by atoms with Crippen molar-refractivity contribution >= 4 is 28.6 Å². The first-order valence-corrected chi connectivity index (χ1v) is 10.8. The topological polar surface area (TPSA) is 105 Å². The molecule has 0 spiro atoms. The first-order chi connectivity index (χ1) is 15.8. The van der Waals surface area contributed by atoms with Gasteiger partial charge in [0.15, 0.2) is 0 Å². The van der Waals surface area contributed by atoms with Crippen molar-refractivity contribution in [3.63, 3.8) is 0 Å². The third-order valence-electron chi connectivity index (χ3n) is 5.70. The molecule has 0 aliphatic carbocycles. The number of aromatic nitrogens is 6. The molecule has 4 aromatic rings. The Morgan fingerprint density at radius 2 is 1.81 bits per heavy atom. The minimum absolute atomic E-state index is 0.366. The Kier molecular flexibility index (Phi) is 5.80. The molecule has 0 amide bonds. The number of fused-ring (bicyclic) bond motifs is 1. The van der Waals surface area contributed by atoms with Gasteiger partial charge in [-0.2, -0.15) is 0 Å². The quantitative estimate of drug-likeness (QED) is 0.479. The van der Waals surface area contributed by atoms with Crippen molar-refractivity contribution in [2.45, 2.75) is 25.3 Å². The Bertz CT molecular complexity index is 1210.